The van der Waals surface area contributed by atoms with Gasteiger partial charge in [-0.05, 0) is 36.8 Å². The Hall–Kier alpha value is -2.30. The first-order valence-electron chi connectivity index (χ1n) is 6.58. The summed E-state index contributed by atoms with van der Waals surface area (Å²) in [5, 5.41) is 11.6. The first kappa shape index (κ1) is 14.1. The van der Waals surface area contributed by atoms with Crippen LogP contribution < -0.4 is 14.8 Å². The van der Waals surface area contributed by atoms with Crippen molar-refractivity contribution in [3.8, 4) is 22.8 Å². The van der Waals surface area contributed by atoms with Crippen LogP contribution in [0.1, 0.15) is 13.3 Å². The van der Waals surface area contributed by atoms with Crippen LogP contribution in [0.4, 0.5) is 5.82 Å². The summed E-state index contributed by atoms with van der Waals surface area (Å²) in [7, 11) is 3.23. The van der Waals surface area contributed by atoms with E-state index in [9.17, 15) is 0 Å². The van der Waals surface area contributed by atoms with E-state index in [0.29, 0.717) is 11.5 Å². The fourth-order valence-corrected chi connectivity index (χ4v) is 1.83. The second-order valence-corrected chi connectivity index (χ2v) is 4.30. The summed E-state index contributed by atoms with van der Waals surface area (Å²) in [6, 6.07) is 9.55. The fraction of sp³-hybridized carbons (Fsp3) is 0.333. The lowest BCUT2D eigenvalue weighted by Crippen LogP contribution is -2.02. The van der Waals surface area contributed by atoms with E-state index in [1.807, 2.05) is 30.3 Å². The maximum atomic E-state index is 5.29. The van der Waals surface area contributed by atoms with E-state index in [-0.39, 0.29) is 0 Å². The van der Waals surface area contributed by atoms with Crippen LogP contribution in [0, 0.1) is 0 Å². The molecule has 0 fully saturated rings. The number of benzene rings is 1. The number of nitrogens with zero attached hydrogens (tertiary/aromatic N) is 2. The Bertz CT molecular complexity index is 556. The van der Waals surface area contributed by atoms with Gasteiger partial charge in [0.1, 0.15) is 5.82 Å². The molecule has 0 aliphatic carbocycles. The highest BCUT2D eigenvalue weighted by Gasteiger charge is 2.07. The van der Waals surface area contributed by atoms with Gasteiger partial charge >= 0.3 is 0 Å². The zero-order valence-corrected chi connectivity index (χ0v) is 12.0. The van der Waals surface area contributed by atoms with Crippen molar-refractivity contribution in [2.24, 2.45) is 0 Å². The van der Waals surface area contributed by atoms with Crippen molar-refractivity contribution >= 4 is 5.82 Å². The number of rotatable bonds is 6. The molecule has 2 rings (SSSR count). The SMILES string of the molecule is CCCNc1ccc(-c2ccc(OC)c(OC)c2)nn1. The lowest BCUT2D eigenvalue weighted by atomic mass is 10.1. The quantitative estimate of drug-likeness (QED) is 0.876. The summed E-state index contributed by atoms with van der Waals surface area (Å²) in [6.45, 7) is 3.00. The van der Waals surface area contributed by atoms with Gasteiger partial charge in [0.15, 0.2) is 11.5 Å². The van der Waals surface area contributed by atoms with Gasteiger partial charge in [-0.25, -0.2) is 0 Å². The van der Waals surface area contributed by atoms with Crippen molar-refractivity contribution in [2.45, 2.75) is 13.3 Å². The lowest BCUT2D eigenvalue weighted by molar-refractivity contribution is 0.355. The monoisotopic (exact) mass is 273 g/mol. The number of nitrogens with one attached hydrogen (secondary N) is 1. The van der Waals surface area contributed by atoms with E-state index in [1.165, 1.54) is 0 Å². The van der Waals surface area contributed by atoms with Gasteiger partial charge in [-0.3, -0.25) is 0 Å². The Kier molecular flexibility index (Phi) is 4.76. The van der Waals surface area contributed by atoms with Crippen molar-refractivity contribution in [3.05, 3.63) is 30.3 Å². The third-order valence-electron chi connectivity index (χ3n) is 2.90. The third kappa shape index (κ3) is 3.17. The van der Waals surface area contributed by atoms with Gasteiger partial charge < -0.3 is 14.8 Å². The molecular weight excluding hydrogens is 254 g/mol. The number of anilines is 1. The second kappa shape index (κ2) is 6.75. The van der Waals surface area contributed by atoms with Crippen molar-refractivity contribution in [1.82, 2.24) is 10.2 Å². The van der Waals surface area contributed by atoms with Gasteiger partial charge in [-0.1, -0.05) is 6.92 Å². The smallest absolute Gasteiger partial charge is 0.161 e. The maximum Gasteiger partial charge on any atom is 0.161 e. The standard InChI is InChI=1S/C15H19N3O2/c1-4-9-16-15-8-6-12(17-18-15)11-5-7-13(19-2)14(10-11)20-3/h5-8,10H,4,9H2,1-3H3,(H,16,18). The molecule has 1 aromatic carbocycles. The van der Waals surface area contributed by atoms with Crippen LogP contribution in [0.15, 0.2) is 30.3 Å². The van der Waals surface area contributed by atoms with E-state index in [2.05, 4.69) is 22.4 Å². The summed E-state index contributed by atoms with van der Waals surface area (Å²) in [4.78, 5) is 0. The second-order valence-electron chi connectivity index (χ2n) is 4.30. The van der Waals surface area contributed by atoms with Crippen LogP contribution in [-0.4, -0.2) is 31.0 Å². The third-order valence-corrected chi connectivity index (χ3v) is 2.90. The Morgan fingerprint density at radius 2 is 1.80 bits per heavy atom. The molecule has 5 nitrogen and oxygen atoms in total. The number of hydrogen-bond donors (Lipinski definition) is 1. The molecule has 106 valence electrons. The summed E-state index contributed by atoms with van der Waals surface area (Å²) < 4.78 is 10.5. The normalized spacial score (nSPS) is 10.2. The zero-order chi connectivity index (χ0) is 14.4. The fourth-order valence-electron chi connectivity index (χ4n) is 1.83. The minimum atomic E-state index is 0.681. The summed E-state index contributed by atoms with van der Waals surface area (Å²) in [5.41, 5.74) is 1.74. The van der Waals surface area contributed by atoms with Gasteiger partial charge in [0, 0.05) is 12.1 Å². The van der Waals surface area contributed by atoms with Gasteiger partial charge in [-0.15, -0.1) is 10.2 Å². The highest BCUT2D eigenvalue weighted by molar-refractivity contribution is 5.64. The zero-order valence-electron chi connectivity index (χ0n) is 12.0. The molecule has 0 aliphatic rings. The van der Waals surface area contributed by atoms with Gasteiger partial charge in [0.2, 0.25) is 0 Å². The topological polar surface area (TPSA) is 56.3 Å². The molecule has 0 saturated carbocycles. The molecule has 0 aliphatic heterocycles. The van der Waals surface area contributed by atoms with Crippen molar-refractivity contribution < 1.29 is 9.47 Å². The van der Waals surface area contributed by atoms with Gasteiger partial charge in [-0.2, -0.15) is 0 Å². The highest BCUT2D eigenvalue weighted by atomic mass is 16.5. The molecule has 0 atom stereocenters. The Balaban J connectivity index is 2.22. The minimum absolute atomic E-state index is 0.681. The van der Waals surface area contributed by atoms with Crippen LogP contribution in [0.5, 0.6) is 11.5 Å². The van der Waals surface area contributed by atoms with E-state index in [4.69, 9.17) is 9.47 Å². The molecule has 0 unspecified atom stereocenters. The summed E-state index contributed by atoms with van der Waals surface area (Å²) in [6.07, 6.45) is 1.05. The minimum Gasteiger partial charge on any atom is -0.493 e. The van der Waals surface area contributed by atoms with Crippen molar-refractivity contribution in [1.29, 1.82) is 0 Å². The van der Waals surface area contributed by atoms with E-state index >= 15 is 0 Å². The summed E-state index contributed by atoms with van der Waals surface area (Å²) >= 11 is 0. The van der Waals surface area contributed by atoms with E-state index in [1.54, 1.807) is 14.2 Å². The molecule has 5 heteroatoms. The predicted octanol–water partition coefficient (Wildman–Crippen LogP) is 2.98. The van der Waals surface area contributed by atoms with Gasteiger partial charge in [0.05, 0.1) is 19.9 Å². The van der Waals surface area contributed by atoms with Gasteiger partial charge in [0.25, 0.3) is 0 Å². The average Bonchev–Trinajstić information content (AvgIpc) is 2.52. The van der Waals surface area contributed by atoms with Crippen LogP contribution in [0.2, 0.25) is 0 Å². The molecule has 1 heterocycles. The Labute approximate surface area is 118 Å². The average molecular weight is 273 g/mol. The largest absolute Gasteiger partial charge is 0.493 e. The molecular formula is C15H19N3O2. The summed E-state index contributed by atoms with van der Waals surface area (Å²) in [5.74, 6) is 2.17. The van der Waals surface area contributed by atoms with Crippen LogP contribution in [0.25, 0.3) is 11.3 Å². The Morgan fingerprint density at radius 1 is 1.00 bits per heavy atom. The van der Waals surface area contributed by atoms with Crippen LogP contribution in [0.3, 0.4) is 0 Å². The predicted molar refractivity (Wildman–Crippen MR) is 79.4 cm³/mol. The maximum absolute atomic E-state index is 5.29. The van der Waals surface area contributed by atoms with E-state index < -0.39 is 0 Å². The van der Waals surface area contributed by atoms with Crippen molar-refractivity contribution in [3.63, 3.8) is 0 Å². The number of hydrogen-bond acceptors (Lipinski definition) is 5. The van der Waals surface area contributed by atoms with E-state index in [0.717, 1.165) is 30.0 Å². The molecule has 2 aromatic rings. The number of ether oxygens (including phenoxy) is 2. The number of methoxy groups -OCH3 is 2. The molecule has 0 saturated heterocycles. The molecule has 1 aromatic heterocycles. The first-order chi connectivity index (χ1) is 9.78. The molecule has 1 N–H and O–H groups in total. The number of aromatic nitrogens is 2. The van der Waals surface area contributed by atoms with Crippen molar-refractivity contribution in [2.75, 3.05) is 26.1 Å². The molecule has 0 bridgehead atoms. The molecule has 0 amide bonds. The highest BCUT2D eigenvalue weighted by Crippen LogP contribution is 2.31. The first-order valence-corrected chi connectivity index (χ1v) is 6.58. The molecule has 20 heavy (non-hydrogen) atoms. The van der Waals surface area contributed by atoms with Crippen LogP contribution >= 0.6 is 0 Å². The molecule has 0 spiro atoms. The lowest BCUT2D eigenvalue weighted by Gasteiger charge is -2.09. The molecule has 0 radical (unpaired) electrons. The van der Waals surface area contributed by atoms with Crippen LogP contribution in [-0.2, 0) is 0 Å². The Morgan fingerprint density at radius 3 is 2.40 bits per heavy atom.